The first kappa shape index (κ1) is 16.9. The first-order valence-electron chi connectivity index (χ1n) is 9.40. The minimum atomic E-state index is -0.239. The second-order valence-corrected chi connectivity index (χ2v) is 7.10. The third kappa shape index (κ3) is 3.12. The maximum Gasteiger partial charge on any atom is 0.137 e. The van der Waals surface area contributed by atoms with E-state index in [1.54, 1.807) is 12.3 Å². The van der Waals surface area contributed by atoms with Crippen molar-refractivity contribution >= 4 is 16.6 Å². The monoisotopic (exact) mass is 373 g/mol. The maximum atomic E-state index is 13.6. The molecule has 0 aliphatic carbocycles. The number of pyridine rings is 1. The van der Waals surface area contributed by atoms with Gasteiger partial charge in [-0.25, -0.2) is 9.37 Å². The molecule has 1 aromatic carbocycles. The Balaban J connectivity index is 1.34. The molecule has 0 atom stereocenters. The van der Waals surface area contributed by atoms with Gasteiger partial charge in [-0.3, -0.25) is 10.00 Å². The van der Waals surface area contributed by atoms with Crippen molar-refractivity contribution in [1.82, 2.24) is 25.1 Å². The largest absolute Gasteiger partial charge is 0.346 e. The highest BCUT2D eigenvalue weighted by molar-refractivity contribution is 5.90. The lowest BCUT2D eigenvalue weighted by Crippen LogP contribution is -2.28. The van der Waals surface area contributed by atoms with Gasteiger partial charge in [-0.1, -0.05) is 18.2 Å². The van der Waals surface area contributed by atoms with Crippen LogP contribution in [-0.4, -0.2) is 38.2 Å². The molecule has 0 radical (unpaired) electrons. The normalized spacial score (nSPS) is 15.1. The molecular weight excluding hydrogens is 353 g/mol. The van der Waals surface area contributed by atoms with E-state index in [0.717, 1.165) is 48.5 Å². The van der Waals surface area contributed by atoms with Gasteiger partial charge in [0, 0.05) is 54.1 Å². The van der Waals surface area contributed by atoms with Crippen molar-refractivity contribution in [2.45, 2.75) is 13.0 Å². The average molecular weight is 373 g/mol. The molecule has 3 aromatic heterocycles. The third-order valence-electron chi connectivity index (χ3n) is 5.32. The van der Waals surface area contributed by atoms with Crippen LogP contribution in [0.3, 0.4) is 0 Å². The minimum Gasteiger partial charge on any atom is -0.346 e. The molecule has 140 valence electrons. The highest BCUT2D eigenvalue weighted by Gasteiger charge is 2.18. The summed E-state index contributed by atoms with van der Waals surface area (Å²) in [5.74, 6) is -0.239. The van der Waals surface area contributed by atoms with Crippen LogP contribution in [0.5, 0.6) is 0 Å². The molecule has 0 saturated heterocycles. The minimum absolute atomic E-state index is 0.239. The van der Waals surface area contributed by atoms with E-state index < -0.39 is 0 Å². The highest BCUT2D eigenvalue weighted by atomic mass is 19.1. The van der Waals surface area contributed by atoms with Crippen LogP contribution in [0.25, 0.3) is 27.9 Å². The summed E-state index contributed by atoms with van der Waals surface area (Å²) in [7, 11) is 0. The summed E-state index contributed by atoms with van der Waals surface area (Å²) in [6, 6.07) is 10.7. The van der Waals surface area contributed by atoms with Gasteiger partial charge >= 0.3 is 0 Å². The van der Waals surface area contributed by atoms with Crippen LogP contribution in [0.4, 0.5) is 4.39 Å². The molecule has 1 aliphatic rings. The van der Waals surface area contributed by atoms with E-state index >= 15 is 0 Å². The Hall–Kier alpha value is -3.25. The number of hydrogen-bond donors (Lipinski definition) is 2. The number of aromatic amines is 2. The zero-order valence-corrected chi connectivity index (χ0v) is 15.3. The van der Waals surface area contributed by atoms with E-state index in [9.17, 15) is 4.39 Å². The molecule has 5 rings (SSSR count). The summed E-state index contributed by atoms with van der Waals surface area (Å²) >= 11 is 0. The van der Waals surface area contributed by atoms with Gasteiger partial charge in [0.25, 0.3) is 0 Å². The van der Waals surface area contributed by atoms with Gasteiger partial charge in [-0.2, -0.15) is 5.10 Å². The van der Waals surface area contributed by atoms with Crippen molar-refractivity contribution in [2.75, 3.05) is 13.1 Å². The number of rotatable bonds is 4. The van der Waals surface area contributed by atoms with Crippen LogP contribution in [0.1, 0.15) is 17.5 Å². The highest BCUT2D eigenvalue weighted by Crippen LogP contribution is 2.29. The molecular formula is C22H20FN5. The SMILES string of the molecule is Fc1cccc(-c2[nH]ncc2CN2CC=C(c3c[nH]c4ncccc34)CC2)c1. The van der Waals surface area contributed by atoms with Gasteiger partial charge in [-0.05, 0) is 36.3 Å². The van der Waals surface area contributed by atoms with Gasteiger partial charge in [-0.15, -0.1) is 0 Å². The lowest BCUT2D eigenvalue weighted by Gasteiger charge is -2.26. The summed E-state index contributed by atoms with van der Waals surface area (Å²) in [6.07, 6.45) is 8.97. The summed E-state index contributed by atoms with van der Waals surface area (Å²) in [4.78, 5) is 10.0. The first-order chi connectivity index (χ1) is 13.8. The van der Waals surface area contributed by atoms with Gasteiger partial charge in [0.1, 0.15) is 11.5 Å². The number of H-pyrrole nitrogens is 2. The standard InChI is InChI=1S/C22H20FN5/c23-18-4-1-3-16(11-18)21-17(12-26-27-21)14-28-9-6-15(7-10-28)20-13-25-22-19(20)5-2-8-24-22/h1-6,8,11-13H,7,9-10,14H2,(H,24,25)(H,26,27). The lowest BCUT2D eigenvalue weighted by molar-refractivity contribution is 0.294. The second-order valence-electron chi connectivity index (χ2n) is 7.10. The molecule has 4 heterocycles. The van der Waals surface area contributed by atoms with Crippen molar-refractivity contribution in [3.8, 4) is 11.3 Å². The smallest absolute Gasteiger partial charge is 0.137 e. The van der Waals surface area contributed by atoms with Crippen molar-refractivity contribution in [3.05, 3.63) is 78.0 Å². The molecule has 5 nitrogen and oxygen atoms in total. The second kappa shape index (κ2) is 7.05. The van der Waals surface area contributed by atoms with Crippen molar-refractivity contribution in [1.29, 1.82) is 0 Å². The Morgan fingerprint density at radius 1 is 1.18 bits per heavy atom. The number of hydrogen-bond acceptors (Lipinski definition) is 3. The fourth-order valence-corrected chi connectivity index (χ4v) is 3.89. The molecule has 28 heavy (non-hydrogen) atoms. The van der Waals surface area contributed by atoms with E-state index in [4.69, 9.17) is 0 Å². The molecule has 0 unspecified atom stereocenters. The number of benzene rings is 1. The molecule has 0 fully saturated rings. The van der Waals surface area contributed by atoms with Crippen molar-refractivity contribution < 1.29 is 4.39 Å². The van der Waals surface area contributed by atoms with E-state index in [2.05, 4.69) is 43.4 Å². The van der Waals surface area contributed by atoms with Gasteiger partial charge in [0.05, 0.1) is 11.9 Å². The quantitative estimate of drug-likeness (QED) is 0.558. The zero-order chi connectivity index (χ0) is 18.9. The van der Waals surface area contributed by atoms with Crippen LogP contribution in [0, 0.1) is 5.82 Å². The predicted octanol–water partition coefficient (Wildman–Crippen LogP) is 4.38. The fraction of sp³-hybridized carbons (Fsp3) is 0.182. The van der Waals surface area contributed by atoms with Crippen LogP contribution in [0.2, 0.25) is 0 Å². The summed E-state index contributed by atoms with van der Waals surface area (Å²) in [5, 5.41) is 8.37. The average Bonchev–Trinajstić information content (AvgIpc) is 3.36. The maximum absolute atomic E-state index is 13.6. The molecule has 0 bridgehead atoms. The molecule has 2 N–H and O–H groups in total. The molecule has 1 aliphatic heterocycles. The van der Waals surface area contributed by atoms with E-state index in [-0.39, 0.29) is 5.82 Å². The zero-order valence-electron chi connectivity index (χ0n) is 15.3. The Bertz CT molecular complexity index is 1160. The van der Waals surface area contributed by atoms with Gasteiger partial charge in [0.15, 0.2) is 0 Å². The molecule has 0 amide bonds. The Kier molecular flexibility index (Phi) is 4.25. The van der Waals surface area contributed by atoms with Gasteiger partial charge < -0.3 is 4.98 Å². The van der Waals surface area contributed by atoms with Crippen LogP contribution >= 0.6 is 0 Å². The Labute approximate surface area is 161 Å². The number of halogens is 1. The topological polar surface area (TPSA) is 60.6 Å². The summed E-state index contributed by atoms with van der Waals surface area (Å²) in [5.41, 5.74) is 6.32. The lowest BCUT2D eigenvalue weighted by atomic mass is 9.99. The molecule has 6 heteroatoms. The number of aromatic nitrogens is 4. The number of nitrogens with zero attached hydrogens (tertiary/aromatic N) is 3. The summed E-state index contributed by atoms with van der Waals surface area (Å²) in [6.45, 7) is 2.62. The molecule has 0 spiro atoms. The fourth-order valence-electron chi connectivity index (χ4n) is 3.89. The number of fused-ring (bicyclic) bond motifs is 1. The molecule has 4 aromatic rings. The Morgan fingerprint density at radius 2 is 2.14 bits per heavy atom. The first-order valence-corrected chi connectivity index (χ1v) is 9.40. The van der Waals surface area contributed by atoms with Gasteiger partial charge in [0.2, 0.25) is 0 Å². The summed E-state index contributed by atoms with van der Waals surface area (Å²) < 4.78 is 13.6. The Morgan fingerprint density at radius 3 is 3.00 bits per heavy atom. The van der Waals surface area contributed by atoms with Crippen molar-refractivity contribution in [2.24, 2.45) is 0 Å². The molecule has 0 saturated carbocycles. The van der Waals surface area contributed by atoms with E-state index in [0.29, 0.717) is 0 Å². The number of nitrogens with one attached hydrogen (secondary N) is 2. The van der Waals surface area contributed by atoms with Crippen LogP contribution in [0.15, 0.2) is 61.1 Å². The van der Waals surface area contributed by atoms with Crippen LogP contribution < -0.4 is 0 Å². The predicted molar refractivity (Wildman–Crippen MR) is 108 cm³/mol. The third-order valence-corrected chi connectivity index (χ3v) is 5.32. The van der Waals surface area contributed by atoms with Crippen molar-refractivity contribution in [3.63, 3.8) is 0 Å². The van der Waals surface area contributed by atoms with Crippen LogP contribution in [-0.2, 0) is 6.54 Å². The van der Waals surface area contributed by atoms with E-state index in [1.165, 1.54) is 28.7 Å². The van der Waals surface area contributed by atoms with E-state index in [1.807, 2.05) is 18.3 Å².